The summed E-state index contributed by atoms with van der Waals surface area (Å²) in [5.41, 5.74) is -12.5. The number of hydrogen-bond donors (Lipinski definition) is 0. The molecule has 0 heterocycles. The minimum atomic E-state index is -7.01. The van der Waals surface area contributed by atoms with Gasteiger partial charge in [-0.1, -0.05) is 40.0 Å². The van der Waals surface area contributed by atoms with Gasteiger partial charge >= 0.3 is 20.9 Å². The topological polar surface area (TPSA) is 34.1 Å². The van der Waals surface area contributed by atoms with Crippen LogP contribution in [0.4, 0.5) is 26.3 Å². The highest BCUT2D eigenvalue weighted by atomic mass is 32.2. The third kappa shape index (κ3) is 10.3. The Bertz CT molecular complexity index is 404. The molecule has 3 nitrogen and oxygen atoms in total. The maximum absolute atomic E-state index is 11.0. The molecule has 0 aliphatic rings. The lowest BCUT2D eigenvalue weighted by Gasteiger charge is -2.34. The van der Waals surface area contributed by atoms with E-state index in [4.69, 9.17) is 0 Å². The molecule has 0 spiro atoms. The van der Waals surface area contributed by atoms with Gasteiger partial charge in [-0.25, -0.2) is 8.42 Å². The summed E-state index contributed by atoms with van der Waals surface area (Å²) in [4.78, 5) is 0. The summed E-state index contributed by atoms with van der Waals surface area (Å²) >= 11 is 0. The SMILES string of the molecule is CCCC[N+](C)(CCCC)CCCC.O=S(=O)(C(F)(F)F)C(F)(F)F. The van der Waals surface area contributed by atoms with Gasteiger partial charge in [0.1, 0.15) is 0 Å². The fourth-order valence-corrected chi connectivity index (χ4v) is 2.35. The number of nitrogens with zero attached hydrogens (tertiary/aromatic N) is 1. The van der Waals surface area contributed by atoms with Crippen molar-refractivity contribution in [2.75, 3.05) is 26.7 Å². The molecule has 0 amide bonds. The van der Waals surface area contributed by atoms with E-state index in [-0.39, 0.29) is 0 Å². The Morgan fingerprint density at radius 3 is 1.04 bits per heavy atom. The van der Waals surface area contributed by atoms with Crippen LogP contribution < -0.4 is 0 Å². The largest absolute Gasteiger partial charge is 0.506 e. The van der Waals surface area contributed by atoms with Crippen LogP contribution in [0.5, 0.6) is 0 Å². The maximum Gasteiger partial charge on any atom is 0.506 e. The van der Waals surface area contributed by atoms with Crippen molar-refractivity contribution in [3.05, 3.63) is 0 Å². The van der Waals surface area contributed by atoms with Crippen molar-refractivity contribution < 1.29 is 39.2 Å². The third-order valence-electron chi connectivity index (χ3n) is 3.76. The molecule has 0 fully saturated rings. The molecule has 154 valence electrons. The van der Waals surface area contributed by atoms with Crippen LogP contribution in [0.3, 0.4) is 0 Å². The van der Waals surface area contributed by atoms with Crippen LogP contribution in [-0.2, 0) is 9.84 Å². The minimum absolute atomic E-state index is 1.32. The molecular formula is C15H30F6NO2S+. The Morgan fingerprint density at radius 2 is 0.920 bits per heavy atom. The van der Waals surface area contributed by atoms with Gasteiger partial charge < -0.3 is 4.48 Å². The first-order chi connectivity index (χ1) is 11.2. The second-order valence-corrected chi connectivity index (χ2v) is 8.18. The number of quaternary nitrogens is 1. The second kappa shape index (κ2) is 11.3. The zero-order chi connectivity index (χ0) is 20.4. The lowest BCUT2D eigenvalue weighted by molar-refractivity contribution is -0.910. The predicted octanol–water partition coefficient (Wildman–Crippen LogP) is 5.27. The number of sulfone groups is 1. The van der Waals surface area contributed by atoms with E-state index >= 15 is 0 Å². The van der Waals surface area contributed by atoms with Crippen molar-refractivity contribution in [1.29, 1.82) is 0 Å². The molecule has 0 radical (unpaired) electrons. The number of halogens is 6. The van der Waals surface area contributed by atoms with E-state index < -0.39 is 20.9 Å². The van der Waals surface area contributed by atoms with Gasteiger partial charge in [-0.15, -0.1) is 0 Å². The Morgan fingerprint density at radius 1 is 0.680 bits per heavy atom. The van der Waals surface area contributed by atoms with Crippen LogP contribution in [0, 0.1) is 0 Å². The molecule has 0 saturated carbocycles. The average molecular weight is 402 g/mol. The maximum atomic E-state index is 11.0. The Labute approximate surface area is 146 Å². The molecule has 0 saturated heterocycles. The van der Waals surface area contributed by atoms with E-state index in [0.717, 1.165) is 0 Å². The van der Waals surface area contributed by atoms with E-state index in [1.54, 1.807) is 0 Å². The smallest absolute Gasteiger partial charge is 0.326 e. The first-order valence-corrected chi connectivity index (χ1v) is 9.88. The minimum Gasteiger partial charge on any atom is -0.326 e. The van der Waals surface area contributed by atoms with E-state index in [0.29, 0.717) is 0 Å². The summed E-state index contributed by atoms with van der Waals surface area (Å²) in [7, 11) is -4.57. The molecule has 0 aromatic heterocycles. The monoisotopic (exact) mass is 402 g/mol. The van der Waals surface area contributed by atoms with Gasteiger partial charge in [0.05, 0.1) is 26.7 Å². The zero-order valence-corrected chi connectivity index (χ0v) is 16.1. The molecule has 10 heteroatoms. The predicted molar refractivity (Wildman–Crippen MR) is 86.5 cm³/mol. The molecule has 0 bridgehead atoms. The van der Waals surface area contributed by atoms with Gasteiger partial charge in [-0.2, -0.15) is 26.3 Å². The van der Waals surface area contributed by atoms with Crippen LogP contribution in [0.25, 0.3) is 0 Å². The Balaban J connectivity index is 0. The van der Waals surface area contributed by atoms with E-state index in [9.17, 15) is 34.8 Å². The molecular weight excluding hydrogens is 372 g/mol. The van der Waals surface area contributed by atoms with Crippen LogP contribution >= 0.6 is 0 Å². The van der Waals surface area contributed by atoms with Gasteiger partial charge in [0, 0.05) is 0 Å². The summed E-state index contributed by atoms with van der Waals surface area (Å²) in [6.45, 7) is 11.0. The fourth-order valence-electron chi connectivity index (χ4n) is 2.09. The van der Waals surface area contributed by atoms with Crippen LogP contribution in [0.15, 0.2) is 0 Å². The molecule has 0 aliphatic carbocycles. The van der Waals surface area contributed by atoms with Crippen LogP contribution in [0.2, 0.25) is 0 Å². The molecule has 0 atom stereocenters. The standard InChI is InChI=1S/C13H30N.C2F6O2S/c1-5-8-11-14(4,12-9-6-2)13-10-7-3;3-1(4,5)11(9,10)2(6,7)8/h5-13H2,1-4H3;/q+1;. The van der Waals surface area contributed by atoms with E-state index in [1.165, 1.54) is 62.6 Å². The summed E-state index contributed by atoms with van der Waals surface area (Å²) in [6, 6.07) is 0. The molecule has 0 rings (SSSR count). The van der Waals surface area contributed by atoms with Gasteiger partial charge in [0.15, 0.2) is 0 Å². The van der Waals surface area contributed by atoms with Crippen molar-refractivity contribution >= 4 is 9.84 Å². The van der Waals surface area contributed by atoms with E-state index in [2.05, 4.69) is 27.8 Å². The van der Waals surface area contributed by atoms with Gasteiger partial charge in [-0.05, 0) is 19.3 Å². The highest BCUT2D eigenvalue weighted by molar-refractivity contribution is 7.93. The summed E-state index contributed by atoms with van der Waals surface area (Å²) in [6.07, 6.45) is 8.20. The molecule has 0 unspecified atom stereocenters. The molecule has 0 aromatic rings. The normalized spacial score (nSPS) is 13.4. The number of alkyl halides is 6. The first kappa shape index (κ1) is 26.7. The molecule has 25 heavy (non-hydrogen) atoms. The first-order valence-electron chi connectivity index (χ1n) is 8.39. The summed E-state index contributed by atoms with van der Waals surface area (Å²) < 4.78 is 86.3. The average Bonchev–Trinajstić information content (AvgIpc) is 2.47. The van der Waals surface area contributed by atoms with Gasteiger partial charge in [0.2, 0.25) is 0 Å². The van der Waals surface area contributed by atoms with Crippen molar-refractivity contribution in [1.82, 2.24) is 0 Å². The van der Waals surface area contributed by atoms with Crippen molar-refractivity contribution in [2.45, 2.75) is 70.3 Å². The second-order valence-electron chi connectivity index (χ2n) is 6.25. The van der Waals surface area contributed by atoms with Crippen LogP contribution in [-0.4, -0.2) is 50.6 Å². The van der Waals surface area contributed by atoms with Gasteiger partial charge in [-0.3, -0.25) is 0 Å². The van der Waals surface area contributed by atoms with E-state index in [1.807, 2.05) is 0 Å². The fraction of sp³-hybridized carbons (Fsp3) is 1.00. The quantitative estimate of drug-likeness (QED) is 0.389. The van der Waals surface area contributed by atoms with Crippen molar-refractivity contribution in [3.8, 4) is 0 Å². The van der Waals surface area contributed by atoms with Gasteiger partial charge in [0.25, 0.3) is 0 Å². The lowest BCUT2D eigenvalue weighted by atomic mass is 10.2. The summed E-state index contributed by atoms with van der Waals surface area (Å²) in [5, 5.41) is 0. The number of hydrogen-bond acceptors (Lipinski definition) is 2. The van der Waals surface area contributed by atoms with Crippen molar-refractivity contribution in [3.63, 3.8) is 0 Å². The third-order valence-corrected chi connectivity index (χ3v) is 4.98. The zero-order valence-electron chi connectivity index (χ0n) is 15.3. The highest BCUT2D eigenvalue weighted by Crippen LogP contribution is 2.36. The Kier molecular flexibility index (Phi) is 12.0. The molecule has 0 aromatic carbocycles. The van der Waals surface area contributed by atoms with Crippen molar-refractivity contribution in [2.24, 2.45) is 0 Å². The molecule has 0 N–H and O–H groups in total. The molecule has 0 aliphatic heterocycles. The lowest BCUT2D eigenvalue weighted by Crippen LogP contribution is -2.46. The Hall–Kier alpha value is -0.510. The number of unbranched alkanes of at least 4 members (excludes halogenated alkanes) is 3. The number of rotatable bonds is 9. The highest BCUT2D eigenvalue weighted by Gasteiger charge is 2.63. The summed E-state index contributed by atoms with van der Waals surface area (Å²) in [5.74, 6) is 0. The van der Waals surface area contributed by atoms with Crippen LogP contribution in [0.1, 0.15) is 59.3 Å².